The summed E-state index contributed by atoms with van der Waals surface area (Å²) in [5, 5.41) is 1.32. The predicted molar refractivity (Wildman–Crippen MR) is 89.9 cm³/mol. The van der Waals surface area contributed by atoms with Crippen LogP contribution in [0, 0.1) is 5.92 Å². The van der Waals surface area contributed by atoms with Crippen molar-refractivity contribution in [3.63, 3.8) is 0 Å². The molecule has 0 spiro atoms. The zero-order valence-electron chi connectivity index (χ0n) is 11.3. The Labute approximate surface area is 135 Å². The van der Waals surface area contributed by atoms with E-state index in [4.69, 9.17) is 23.2 Å². The van der Waals surface area contributed by atoms with E-state index in [-0.39, 0.29) is 0 Å². The molecule has 21 heavy (non-hydrogen) atoms. The van der Waals surface area contributed by atoms with E-state index in [0.29, 0.717) is 10.0 Å². The zero-order valence-corrected chi connectivity index (χ0v) is 12.8. The summed E-state index contributed by atoms with van der Waals surface area (Å²) in [6, 6.07) is 26.0. The van der Waals surface area contributed by atoms with E-state index in [1.54, 1.807) is 0 Å². The minimum Gasteiger partial charge on any atom is -0.0839 e. The Bertz CT molecular complexity index is 661. The highest BCUT2D eigenvalue weighted by molar-refractivity contribution is 6.36. The number of hydrogen-bond acceptors (Lipinski definition) is 0. The van der Waals surface area contributed by atoms with Gasteiger partial charge in [0.1, 0.15) is 0 Å². The molecule has 0 aromatic heterocycles. The van der Waals surface area contributed by atoms with Gasteiger partial charge in [-0.1, -0.05) is 89.9 Å². The monoisotopic (exact) mass is 311 g/mol. The molecule has 3 aromatic rings. The Morgan fingerprint density at radius 3 is 1.38 bits per heavy atom. The first kappa shape index (κ1) is 14.2. The molecule has 0 saturated heterocycles. The third-order valence-electron chi connectivity index (χ3n) is 3.34. The van der Waals surface area contributed by atoms with Crippen LogP contribution in [0.5, 0.6) is 0 Å². The summed E-state index contributed by atoms with van der Waals surface area (Å²) < 4.78 is 0. The van der Waals surface area contributed by atoms with Crippen LogP contribution in [-0.2, 0) is 0 Å². The van der Waals surface area contributed by atoms with Crippen LogP contribution in [0.25, 0.3) is 0 Å². The second kappa shape index (κ2) is 6.34. The lowest BCUT2D eigenvalue weighted by Crippen LogP contribution is -2.05. The maximum atomic E-state index is 6.42. The summed E-state index contributed by atoms with van der Waals surface area (Å²) in [6.45, 7) is 0. The van der Waals surface area contributed by atoms with Crippen molar-refractivity contribution < 1.29 is 0 Å². The maximum Gasteiger partial charge on any atom is 0.0659 e. The molecule has 0 bridgehead atoms. The maximum absolute atomic E-state index is 6.42. The van der Waals surface area contributed by atoms with Gasteiger partial charge in [-0.15, -0.1) is 0 Å². The SMILES string of the molecule is Clc1cccc(Cl)c1[C](c1ccccc1)c1ccccc1. The molecule has 0 nitrogen and oxygen atoms in total. The van der Waals surface area contributed by atoms with Crippen LogP contribution in [0.15, 0.2) is 78.9 Å². The Balaban J connectivity index is 2.23. The van der Waals surface area contributed by atoms with Gasteiger partial charge in [-0.3, -0.25) is 0 Å². The van der Waals surface area contributed by atoms with Gasteiger partial charge in [0.2, 0.25) is 0 Å². The first-order chi connectivity index (χ1) is 10.3. The number of rotatable bonds is 3. The number of benzene rings is 3. The molecule has 3 rings (SSSR count). The van der Waals surface area contributed by atoms with Crippen LogP contribution in [0.1, 0.15) is 16.7 Å². The first-order valence-corrected chi connectivity index (χ1v) is 7.45. The molecule has 0 fully saturated rings. The highest BCUT2D eigenvalue weighted by Crippen LogP contribution is 2.38. The van der Waals surface area contributed by atoms with Gasteiger partial charge in [-0.05, 0) is 23.3 Å². The van der Waals surface area contributed by atoms with Crippen LogP contribution in [0.2, 0.25) is 10.0 Å². The molecular weight excluding hydrogens is 299 g/mol. The normalized spacial score (nSPS) is 10.8. The number of halogens is 2. The number of hydrogen-bond donors (Lipinski definition) is 0. The predicted octanol–water partition coefficient (Wildman–Crippen LogP) is 6.01. The van der Waals surface area contributed by atoms with Crippen molar-refractivity contribution in [3.05, 3.63) is 112 Å². The summed E-state index contributed by atoms with van der Waals surface area (Å²) in [4.78, 5) is 0. The van der Waals surface area contributed by atoms with E-state index in [1.807, 2.05) is 54.6 Å². The van der Waals surface area contributed by atoms with Crippen LogP contribution in [0.3, 0.4) is 0 Å². The van der Waals surface area contributed by atoms with Crippen molar-refractivity contribution in [3.8, 4) is 0 Å². The topological polar surface area (TPSA) is 0 Å². The second-order valence-corrected chi connectivity index (χ2v) is 5.52. The van der Waals surface area contributed by atoms with E-state index in [9.17, 15) is 0 Å². The Kier molecular flexibility index (Phi) is 4.28. The van der Waals surface area contributed by atoms with Gasteiger partial charge in [0, 0.05) is 15.6 Å². The third-order valence-corrected chi connectivity index (χ3v) is 3.97. The molecule has 0 aliphatic rings. The van der Waals surface area contributed by atoms with Gasteiger partial charge < -0.3 is 0 Å². The highest BCUT2D eigenvalue weighted by atomic mass is 35.5. The zero-order chi connectivity index (χ0) is 14.7. The summed E-state index contributed by atoms with van der Waals surface area (Å²) in [6.07, 6.45) is 0. The lowest BCUT2D eigenvalue weighted by Gasteiger charge is -2.20. The Morgan fingerprint density at radius 2 is 0.952 bits per heavy atom. The molecule has 0 aliphatic carbocycles. The lowest BCUT2D eigenvalue weighted by atomic mass is 9.85. The second-order valence-electron chi connectivity index (χ2n) is 4.70. The largest absolute Gasteiger partial charge is 0.0839 e. The molecule has 0 N–H and O–H groups in total. The minimum atomic E-state index is 0.658. The molecule has 0 aliphatic heterocycles. The Hall–Kier alpha value is -1.76. The fourth-order valence-electron chi connectivity index (χ4n) is 2.40. The van der Waals surface area contributed by atoms with Gasteiger partial charge in [0.25, 0.3) is 0 Å². The fraction of sp³-hybridized carbons (Fsp3) is 0. The summed E-state index contributed by atoms with van der Waals surface area (Å²) >= 11 is 12.8. The van der Waals surface area contributed by atoms with Crippen molar-refractivity contribution in [1.82, 2.24) is 0 Å². The molecular formula is C19H13Cl2. The van der Waals surface area contributed by atoms with E-state index in [1.165, 1.54) is 0 Å². The lowest BCUT2D eigenvalue weighted by molar-refractivity contribution is 1.23. The molecule has 0 heterocycles. The molecule has 1 radical (unpaired) electrons. The molecule has 3 aromatic carbocycles. The van der Waals surface area contributed by atoms with Crippen LogP contribution < -0.4 is 0 Å². The summed E-state index contributed by atoms with van der Waals surface area (Å²) in [7, 11) is 0. The molecule has 2 heteroatoms. The van der Waals surface area contributed by atoms with Crippen LogP contribution >= 0.6 is 23.2 Å². The van der Waals surface area contributed by atoms with Crippen molar-refractivity contribution in [2.75, 3.05) is 0 Å². The molecule has 0 amide bonds. The van der Waals surface area contributed by atoms with Crippen LogP contribution in [0.4, 0.5) is 0 Å². The summed E-state index contributed by atoms with van der Waals surface area (Å²) in [5.74, 6) is 1.05. The van der Waals surface area contributed by atoms with E-state index < -0.39 is 0 Å². The van der Waals surface area contributed by atoms with Gasteiger partial charge in [0.15, 0.2) is 0 Å². The molecule has 0 saturated carbocycles. The van der Waals surface area contributed by atoms with Gasteiger partial charge in [-0.25, -0.2) is 0 Å². The molecule has 0 unspecified atom stereocenters. The van der Waals surface area contributed by atoms with Crippen LogP contribution in [-0.4, -0.2) is 0 Å². The summed E-state index contributed by atoms with van der Waals surface area (Å²) in [5.41, 5.74) is 3.07. The standard InChI is InChI=1S/C19H13Cl2/c20-16-12-7-13-17(21)19(16)18(14-8-3-1-4-9-14)15-10-5-2-6-11-15/h1-13H. The van der Waals surface area contributed by atoms with E-state index >= 15 is 0 Å². The van der Waals surface area contributed by atoms with E-state index in [2.05, 4.69) is 24.3 Å². The highest BCUT2D eigenvalue weighted by Gasteiger charge is 2.22. The third kappa shape index (κ3) is 2.97. The van der Waals surface area contributed by atoms with E-state index in [0.717, 1.165) is 22.6 Å². The van der Waals surface area contributed by atoms with Crippen molar-refractivity contribution >= 4 is 23.2 Å². The van der Waals surface area contributed by atoms with Gasteiger partial charge in [0.05, 0.1) is 5.92 Å². The smallest absolute Gasteiger partial charge is 0.0659 e. The van der Waals surface area contributed by atoms with Crippen molar-refractivity contribution in [2.45, 2.75) is 0 Å². The average Bonchev–Trinajstić information content (AvgIpc) is 2.53. The van der Waals surface area contributed by atoms with Gasteiger partial charge >= 0.3 is 0 Å². The first-order valence-electron chi connectivity index (χ1n) is 6.69. The van der Waals surface area contributed by atoms with Crippen molar-refractivity contribution in [2.24, 2.45) is 0 Å². The fourth-order valence-corrected chi connectivity index (χ4v) is 2.99. The van der Waals surface area contributed by atoms with Gasteiger partial charge in [-0.2, -0.15) is 0 Å². The average molecular weight is 312 g/mol. The Morgan fingerprint density at radius 1 is 0.524 bits per heavy atom. The molecule has 103 valence electrons. The minimum absolute atomic E-state index is 0.658. The van der Waals surface area contributed by atoms with Crippen molar-refractivity contribution in [1.29, 1.82) is 0 Å². The quantitative estimate of drug-likeness (QED) is 0.519. The molecule has 0 atom stereocenters.